The van der Waals surface area contributed by atoms with E-state index >= 15 is 0 Å². The zero-order valence-corrected chi connectivity index (χ0v) is 13.2. The van der Waals surface area contributed by atoms with E-state index in [-0.39, 0.29) is 5.91 Å². The lowest BCUT2D eigenvalue weighted by Crippen LogP contribution is -2.42. The van der Waals surface area contributed by atoms with Crippen LogP contribution >= 0.6 is 0 Å². The number of rotatable bonds is 5. The number of amides is 1. The molecule has 0 aromatic carbocycles. The van der Waals surface area contributed by atoms with Crippen molar-refractivity contribution in [3.63, 3.8) is 0 Å². The molecular weight excluding hydrogens is 294 g/mol. The van der Waals surface area contributed by atoms with Gasteiger partial charge in [0, 0.05) is 36.7 Å². The summed E-state index contributed by atoms with van der Waals surface area (Å²) in [4.78, 5) is 15.9. The Morgan fingerprint density at radius 2 is 2.30 bits per heavy atom. The summed E-state index contributed by atoms with van der Waals surface area (Å²) in [6, 6.07) is 3.70. The van der Waals surface area contributed by atoms with Crippen LogP contribution in [0.25, 0.3) is 0 Å². The highest BCUT2D eigenvalue weighted by molar-refractivity contribution is 5.81. The van der Waals surface area contributed by atoms with Gasteiger partial charge in [0.05, 0.1) is 19.4 Å². The Balaban J connectivity index is 1.46. The van der Waals surface area contributed by atoms with Crippen molar-refractivity contribution in [3.05, 3.63) is 30.1 Å². The third kappa shape index (κ3) is 4.14. The van der Waals surface area contributed by atoms with Gasteiger partial charge in [-0.3, -0.25) is 9.78 Å². The second kappa shape index (κ2) is 7.66. The van der Waals surface area contributed by atoms with Crippen LogP contribution in [0.1, 0.15) is 44.1 Å². The molecule has 2 heterocycles. The van der Waals surface area contributed by atoms with Crippen LogP contribution in [0.2, 0.25) is 0 Å². The quantitative estimate of drug-likeness (QED) is 0.668. The van der Waals surface area contributed by atoms with E-state index in [1.807, 2.05) is 12.1 Å². The summed E-state index contributed by atoms with van der Waals surface area (Å²) in [5.41, 5.74) is 3.42. The average molecular weight is 317 g/mol. The predicted molar refractivity (Wildman–Crippen MR) is 85.8 cm³/mol. The molecule has 1 aliphatic heterocycles. The van der Waals surface area contributed by atoms with Gasteiger partial charge in [0.25, 0.3) is 0 Å². The molecule has 1 atom stereocenters. The minimum absolute atomic E-state index is 0.0798. The van der Waals surface area contributed by atoms with Crippen molar-refractivity contribution in [2.75, 3.05) is 13.2 Å². The van der Waals surface area contributed by atoms with Crippen molar-refractivity contribution in [2.24, 2.45) is 11.0 Å². The van der Waals surface area contributed by atoms with Crippen LogP contribution in [-0.4, -0.2) is 36.1 Å². The fourth-order valence-corrected chi connectivity index (χ4v) is 3.39. The van der Waals surface area contributed by atoms with Gasteiger partial charge in [-0.25, -0.2) is 5.43 Å². The van der Waals surface area contributed by atoms with Gasteiger partial charge in [0.15, 0.2) is 5.79 Å². The van der Waals surface area contributed by atoms with Crippen LogP contribution < -0.4 is 5.43 Å². The number of aromatic nitrogens is 1. The molecule has 1 N–H and O–H groups in total. The van der Waals surface area contributed by atoms with E-state index < -0.39 is 5.79 Å². The van der Waals surface area contributed by atoms with E-state index in [0.717, 1.165) is 31.2 Å². The number of nitrogens with zero attached hydrogens (tertiary/aromatic N) is 2. The monoisotopic (exact) mass is 317 g/mol. The molecule has 0 bridgehead atoms. The van der Waals surface area contributed by atoms with Crippen LogP contribution in [0.15, 0.2) is 29.6 Å². The highest BCUT2D eigenvalue weighted by Crippen LogP contribution is 2.42. The number of nitrogens with one attached hydrogen (secondary N) is 1. The zero-order valence-electron chi connectivity index (χ0n) is 13.2. The molecule has 1 aromatic heterocycles. The number of hydrogen-bond donors (Lipinski definition) is 1. The molecule has 1 saturated heterocycles. The van der Waals surface area contributed by atoms with E-state index in [4.69, 9.17) is 9.47 Å². The summed E-state index contributed by atoms with van der Waals surface area (Å²) in [6.45, 7) is 1.33. The van der Waals surface area contributed by atoms with Gasteiger partial charge in [-0.05, 0) is 25.3 Å². The topological polar surface area (TPSA) is 72.8 Å². The Morgan fingerprint density at radius 3 is 3.09 bits per heavy atom. The molecule has 2 fully saturated rings. The molecule has 2 aliphatic rings. The van der Waals surface area contributed by atoms with Crippen molar-refractivity contribution in [2.45, 2.75) is 44.3 Å². The Morgan fingerprint density at radius 1 is 1.43 bits per heavy atom. The molecule has 1 amide bonds. The van der Waals surface area contributed by atoms with Crippen LogP contribution in [0, 0.1) is 5.92 Å². The molecule has 1 aliphatic carbocycles. The van der Waals surface area contributed by atoms with Gasteiger partial charge in [-0.1, -0.05) is 12.5 Å². The second-order valence-corrected chi connectivity index (χ2v) is 6.07. The van der Waals surface area contributed by atoms with E-state index in [9.17, 15) is 4.79 Å². The fourth-order valence-electron chi connectivity index (χ4n) is 3.39. The van der Waals surface area contributed by atoms with Crippen LogP contribution in [0.4, 0.5) is 0 Å². The molecule has 23 heavy (non-hydrogen) atoms. The van der Waals surface area contributed by atoms with Gasteiger partial charge in [-0.15, -0.1) is 0 Å². The number of hydrogen-bond acceptors (Lipinski definition) is 5. The smallest absolute Gasteiger partial charge is 0.240 e. The largest absolute Gasteiger partial charge is 0.347 e. The summed E-state index contributed by atoms with van der Waals surface area (Å²) >= 11 is 0. The first kappa shape index (κ1) is 16.1. The summed E-state index contributed by atoms with van der Waals surface area (Å²) in [7, 11) is 0. The van der Waals surface area contributed by atoms with Gasteiger partial charge in [-0.2, -0.15) is 5.10 Å². The summed E-state index contributed by atoms with van der Waals surface area (Å²) in [5, 5.41) is 3.97. The van der Waals surface area contributed by atoms with Crippen molar-refractivity contribution in [3.8, 4) is 0 Å². The standard InChI is InChI=1S/C17H23N3O3/c21-16(20-19-13-14-4-3-9-18-12-14)7-6-15-5-1-2-8-17(15)22-10-11-23-17/h3-4,9,12-13,15H,1-2,5-8,10-11H2,(H,20,21)/t15-/m0/s1. The lowest BCUT2D eigenvalue weighted by Gasteiger charge is -2.39. The molecule has 1 spiro atoms. The van der Waals surface area contributed by atoms with Gasteiger partial charge >= 0.3 is 0 Å². The Labute approximate surface area is 136 Å². The molecule has 6 heteroatoms. The number of ether oxygens (including phenoxy) is 2. The molecule has 6 nitrogen and oxygen atoms in total. The van der Waals surface area contributed by atoms with E-state index in [2.05, 4.69) is 15.5 Å². The molecule has 0 unspecified atom stereocenters. The minimum atomic E-state index is -0.433. The third-order valence-electron chi connectivity index (χ3n) is 4.53. The lowest BCUT2D eigenvalue weighted by molar-refractivity contribution is -0.213. The van der Waals surface area contributed by atoms with Crippen LogP contribution in [0.5, 0.6) is 0 Å². The summed E-state index contributed by atoms with van der Waals surface area (Å²) < 4.78 is 11.7. The van der Waals surface area contributed by atoms with E-state index in [1.165, 1.54) is 6.42 Å². The van der Waals surface area contributed by atoms with Gasteiger partial charge in [0.2, 0.25) is 5.91 Å². The Hall–Kier alpha value is -1.79. The van der Waals surface area contributed by atoms with E-state index in [1.54, 1.807) is 18.6 Å². The Kier molecular flexibility index (Phi) is 5.35. The number of pyridine rings is 1. The molecule has 3 rings (SSSR count). The molecular formula is C17H23N3O3. The maximum atomic E-state index is 12.0. The van der Waals surface area contributed by atoms with Gasteiger partial charge < -0.3 is 9.47 Å². The first-order valence-corrected chi connectivity index (χ1v) is 8.28. The van der Waals surface area contributed by atoms with Crippen molar-refractivity contribution in [1.82, 2.24) is 10.4 Å². The maximum absolute atomic E-state index is 12.0. The lowest BCUT2D eigenvalue weighted by atomic mass is 9.80. The molecule has 124 valence electrons. The van der Waals surface area contributed by atoms with Crippen molar-refractivity contribution in [1.29, 1.82) is 0 Å². The second-order valence-electron chi connectivity index (χ2n) is 6.07. The van der Waals surface area contributed by atoms with E-state index in [0.29, 0.717) is 25.6 Å². The van der Waals surface area contributed by atoms with Gasteiger partial charge in [0.1, 0.15) is 0 Å². The number of carbonyl (C=O) groups excluding carboxylic acids is 1. The summed E-state index contributed by atoms with van der Waals surface area (Å²) in [6.07, 6.45) is 10.5. The molecule has 1 aromatic rings. The average Bonchev–Trinajstić information content (AvgIpc) is 3.04. The van der Waals surface area contributed by atoms with Crippen LogP contribution in [-0.2, 0) is 14.3 Å². The zero-order chi connectivity index (χ0) is 16.0. The third-order valence-corrected chi connectivity index (χ3v) is 4.53. The normalized spacial score (nSPS) is 23.4. The summed E-state index contributed by atoms with van der Waals surface area (Å²) in [5.74, 6) is -0.215. The SMILES string of the molecule is O=C(CC[C@@H]1CCCCC12OCCO2)NN=Cc1cccnc1. The van der Waals surface area contributed by atoms with Crippen molar-refractivity contribution >= 4 is 12.1 Å². The molecule has 0 radical (unpaired) electrons. The first-order valence-electron chi connectivity index (χ1n) is 8.28. The Bertz CT molecular complexity index is 541. The number of carbonyl (C=O) groups is 1. The highest BCUT2D eigenvalue weighted by atomic mass is 16.7. The van der Waals surface area contributed by atoms with Crippen molar-refractivity contribution < 1.29 is 14.3 Å². The predicted octanol–water partition coefficient (Wildman–Crippen LogP) is 2.25. The molecule has 1 saturated carbocycles. The maximum Gasteiger partial charge on any atom is 0.240 e. The van der Waals surface area contributed by atoms with Crippen LogP contribution in [0.3, 0.4) is 0 Å². The first-order chi connectivity index (χ1) is 11.3. The highest BCUT2D eigenvalue weighted by Gasteiger charge is 2.45. The fraction of sp³-hybridized carbons (Fsp3) is 0.588. The minimum Gasteiger partial charge on any atom is -0.347 e. The number of hydrazone groups is 1.